The number of aromatic nitrogens is 1. The molecule has 0 saturated heterocycles. The largest absolute Gasteiger partial charge is 0.354 e. The third kappa shape index (κ3) is 3.91. The normalized spacial score (nSPS) is 13.3. The number of hydrogen-bond donors (Lipinski definition) is 1. The van der Waals surface area contributed by atoms with Crippen LogP contribution in [0.15, 0.2) is 66.9 Å². The minimum absolute atomic E-state index is 0.0117. The highest BCUT2D eigenvalue weighted by molar-refractivity contribution is 5.92. The molecule has 4 nitrogen and oxygen atoms in total. The van der Waals surface area contributed by atoms with Gasteiger partial charge in [0.05, 0.1) is 11.9 Å². The lowest BCUT2D eigenvalue weighted by molar-refractivity contribution is 0.0729. The van der Waals surface area contributed by atoms with Crippen LogP contribution in [-0.2, 0) is 13.0 Å². The molecule has 0 unspecified atom stereocenters. The standard InChI is InChI=1S/C24H25N3O/c1-17(2)18-7-9-21(10-8-18)26-22-11-12-23(25-15-22)24(28)27-14-13-19-5-3-4-6-20(19)16-27/h3-12,15,17,26H,13-14,16H2,1-2H3. The Balaban J connectivity index is 1.42. The molecule has 0 fully saturated rings. The first-order valence-electron chi connectivity index (χ1n) is 9.79. The Hall–Kier alpha value is -3.14. The molecule has 2 heterocycles. The minimum atomic E-state index is -0.0117. The zero-order valence-electron chi connectivity index (χ0n) is 16.4. The van der Waals surface area contributed by atoms with E-state index < -0.39 is 0 Å². The van der Waals surface area contributed by atoms with Crippen molar-refractivity contribution in [3.63, 3.8) is 0 Å². The van der Waals surface area contributed by atoms with E-state index in [-0.39, 0.29) is 5.91 Å². The molecule has 0 atom stereocenters. The number of rotatable bonds is 4. The van der Waals surface area contributed by atoms with Crippen molar-refractivity contribution in [1.29, 1.82) is 0 Å². The average molecular weight is 371 g/mol. The molecule has 0 bridgehead atoms. The second-order valence-electron chi connectivity index (χ2n) is 7.58. The monoisotopic (exact) mass is 371 g/mol. The van der Waals surface area contributed by atoms with Gasteiger partial charge in [-0.15, -0.1) is 0 Å². The number of carbonyl (C=O) groups is 1. The molecule has 0 saturated carbocycles. The van der Waals surface area contributed by atoms with E-state index in [0.717, 1.165) is 24.3 Å². The zero-order chi connectivity index (χ0) is 19.5. The number of fused-ring (bicyclic) bond motifs is 1. The molecule has 4 rings (SSSR count). The summed E-state index contributed by atoms with van der Waals surface area (Å²) >= 11 is 0. The summed E-state index contributed by atoms with van der Waals surface area (Å²) in [7, 11) is 0. The Morgan fingerprint density at radius 2 is 1.68 bits per heavy atom. The second kappa shape index (κ2) is 7.85. The third-order valence-electron chi connectivity index (χ3n) is 5.27. The number of nitrogens with zero attached hydrogens (tertiary/aromatic N) is 2. The molecule has 1 aromatic heterocycles. The van der Waals surface area contributed by atoms with Crippen LogP contribution in [0, 0.1) is 0 Å². The van der Waals surface area contributed by atoms with Gasteiger partial charge in [0.2, 0.25) is 0 Å². The van der Waals surface area contributed by atoms with Crippen LogP contribution < -0.4 is 5.32 Å². The van der Waals surface area contributed by atoms with E-state index in [0.29, 0.717) is 18.2 Å². The number of pyridine rings is 1. The Morgan fingerprint density at radius 1 is 0.964 bits per heavy atom. The maximum absolute atomic E-state index is 12.8. The average Bonchev–Trinajstić information content (AvgIpc) is 2.74. The molecule has 1 N–H and O–H groups in total. The Labute approximate surface area is 166 Å². The number of hydrogen-bond acceptors (Lipinski definition) is 3. The molecule has 4 heteroatoms. The summed E-state index contributed by atoms with van der Waals surface area (Å²) in [4.78, 5) is 19.1. The predicted octanol–water partition coefficient (Wildman–Crippen LogP) is 5.15. The van der Waals surface area contributed by atoms with Crippen molar-refractivity contribution in [3.8, 4) is 0 Å². The molecule has 0 aliphatic carbocycles. The maximum Gasteiger partial charge on any atom is 0.272 e. The molecule has 1 aliphatic rings. The Kier molecular flexibility index (Phi) is 5.11. The van der Waals surface area contributed by atoms with Crippen molar-refractivity contribution < 1.29 is 4.79 Å². The van der Waals surface area contributed by atoms with Crippen LogP contribution in [-0.4, -0.2) is 22.3 Å². The first-order chi connectivity index (χ1) is 13.6. The molecule has 0 radical (unpaired) electrons. The summed E-state index contributed by atoms with van der Waals surface area (Å²) in [6.07, 6.45) is 2.62. The van der Waals surface area contributed by atoms with Crippen LogP contribution in [0.3, 0.4) is 0 Å². The van der Waals surface area contributed by atoms with E-state index in [2.05, 4.69) is 66.6 Å². The van der Waals surface area contributed by atoms with Crippen LogP contribution in [0.2, 0.25) is 0 Å². The number of benzene rings is 2. The highest BCUT2D eigenvalue weighted by atomic mass is 16.2. The molecular formula is C24H25N3O. The van der Waals surface area contributed by atoms with Crippen LogP contribution in [0.5, 0.6) is 0 Å². The number of nitrogens with one attached hydrogen (secondary N) is 1. The first-order valence-corrected chi connectivity index (χ1v) is 9.79. The molecule has 142 valence electrons. The number of amides is 1. The van der Waals surface area contributed by atoms with Crippen molar-refractivity contribution in [2.24, 2.45) is 0 Å². The van der Waals surface area contributed by atoms with Crippen LogP contribution in [0.25, 0.3) is 0 Å². The number of anilines is 2. The van der Waals surface area contributed by atoms with E-state index >= 15 is 0 Å². The van der Waals surface area contributed by atoms with E-state index in [1.54, 1.807) is 12.3 Å². The van der Waals surface area contributed by atoms with Gasteiger partial charge in [-0.25, -0.2) is 4.98 Å². The van der Waals surface area contributed by atoms with E-state index in [4.69, 9.17) is 0 Å². The van der Waals surface area contributed by atoms with Gasteiger partial charge in [0.15, 0.2) is 0 Å². The van der Waals surface area contributed by atoms with Crippen molar-refractivity contribution in [2.45, 2.75) is 32.7 Å². The van der Waals surface area contributed by atoms with E-state index in [9.17, 15) is 4.79 Å². The summed E-state index contributed by atoms with van der Waals surface area (Å²) in [6, 6.07) is 20.4. The molecule has 3 aromatic rings. The van der Waals surface area contributed by atoms with Gasteiger partial charge in [-0.2, -0.15) is 0 Å². The van der Waals surface area contributed by atoms with Gasteiger partial charge in [0.1, 0.15) is 5.69 Å². The van der Waals surface area contributed by atoms with E-state index in [1.807, 2.05) is 17.0 Å². The zero-order valence-corrected chi connectivity index (χ0v) is 16.4. The van der Waals surface area contributed by atoms with Crippen molar-refractivity contribution in [2.75, 3.05) is 11.9 Å². The van der Waals surface area contributed by atoms with E-state index in [1.165, 1.54) is 16.7 Å². The van der Waals surface area contributed by atoms with Crippen LogP contribution in [0.1, 0.15) is 46.9 Å². The fourth-order valence-electron chi connectivity index (χ4n) is 3.54. The highest BCUT2D eigenvalue weighted by Crippen LogP contribution is 2.22. The fourth-order valence-corrected chi connectivity index (χ4v) is 3.54. The molecular weight excluding hydrogens is 346 g/mol. The first kappa shape index (κ1) is 18.2. The number of carbonyl (C=O) groups excluding carboxylic acids is 1. The molecule has 1 amide bonds. The van der Waals surface area contributed by atoms with Gasteiger partial charge in [0.25, 0.3) is 5.91 Å². The Morgan fingerprint density at radius 3 is 2.36 bits per heavy atom. The lowest BCUT2D eigenvalue weighted by Gasteiger charge is -2.28. The van der Waals surface area contributed by atoms with Crippen molar-refractivity contribution >= 4 is 17.3 Å². The summed E-state index contributed by atoms with van der Waals surface area (Å²) in [6.45, 7) is 5.75. The smallest absolute Gasteiger partial charge is 0.272 e. The van der Waals surface area contributed by atoms with Gasteiger partial charge in [0, 0.05) is 18.8 Å². The molecule has 28 heavy (non-hydrogen) atoms. The maximum atomic E-state index is 12.8. The minimum Gasteiger partial charge on any atom is -0.354 e. The lowest BCUT2D eigenvalue weighted by Crippen LogP contribution is -2.36. The molecule has 1 aliphatic heterocycles. The third-order valence-corrected chi connectivity index (χ3v) is 5.27. The molecule has 0 spiro atoms. The summed E-state index contributed by atoms with van der Waals surface area (Å²) < 4.78 is 0. The summed E-state index contributed by atoms with van der Waals surface area (Å²) in [5.74, 6) is 0.505. The van der Waals surface area contributed by atoms with Gasteiger partial charge >= 0.3 is 0 Å². The quantitative estimate of drug-likeness (QED) is 0.690. The van der Waals surface area contributed by atoms with Gasteiger partial charge in [-0.05, 0) is 53.3 Å². The van der Waals surface area contributed by atoms with Crippen LogP contribution in [0.4, 0.5) is 11.4 Å². The SMILES string of the molecule is CC(C)c1ccc(Nc2ccc(C(=O)N3CCc4ccccc4C3)nc2)cc1. The predicted molar refractivity (Wildman–Crippen MR) is 113 cm³/mol. The second-order valence-corrected chi connectivity index (χ2v) is 7.58. The fraction of sp³-hybridized carbons (Fsp3) is 0.250. The topological polar surface area (TPSA) is 45.2 Å². The van der Waals surface area contributed by atoms with Gasteiger partial charge in [-0.1, -0.05) is 50.2 Å². The Bertz CT molecular complexity index is 962. The summed E-state index contributed by atoms with van der Waals surface area (Å²) in [5, 5.41) is 3.34. The lowest BCUT2D eigenvalue weighted by atomic mass is 10.00. The van der Waals surface area contributed by atoms with Gasteiger partial charge in [-0.3, -0.25) is 4.79 Å². The van der Waals surface area contributed by atoms with Crippen molar-refractivity contribution in [1.82, 2.24) is 9.88 Å². The van der Waals surface area contributed by atoms with Gasteiger partial charge < -0.3 is 10.2 Å². The highest BCUT2D eigenvalue weighted by Gasteiger charge is 2.22. The van der Waals surface area contributed by atoms with Crippen molar-refractivity contribution in [3.05, 3.63) is 89.2 Å². The summed E-state index contributed by atoms with van der Waals surface area (Å²) in [5.41, 5.74) is 6.25. The molecule has 2 aromatic carbocycles. The van der Waals surface area contributed by atoms with Crippen LogP contribution >= 0.6 is 0 Å².